The third kappa shape index (κ3) is 6.09. The lowest BCUT2D eigenvalue weighted by Gasteiger charge is -2.17. The highest BCUT2D eigenvalue weighted by Gasteiger charge is 2.31. The number of carbonyl (C=O) groups is 1. The second kappa shape index (κ2) is 11.0. The number of hydrogen-bond donors (Lipinski definition) is 3. The van der Waals surface area contributed by atoms with Crippen molar-refractivity contribution in [1.29, 1.82) is 0 Å². The molecular weight excluding hydrogens is 547 g/mol. The van der Waals surface area contributed by atoms with Gasteiger partial charge in [0.1, 0.15) is 17.2 Å². The van der Waals surface area contributed by atoms with E-state index in [1.165, 1.54) is 48.7 Å². The van der Waals surface area contributed by atoms with Crippen molar-refractivity contribution < 1.29 is 26.4 Å². The summed E-state index contributed by atoms with van der Waals surface area (Å²) in [5.41, 5.74) is -0.956. The fraction of sp³-hybridized carbons (Fsp3) is 0.222. The number of sulfone groups is 1. The van der Waals surface area contributed by atoms with Crippen LogP contribution in [0.1, 0.15) is 34.1 Å². The molecule has 0 spiro atoms. The van der Waals surface area contributed by atoms with Crippen LogP contribution in [0.3, 0.4) is 0 Å². The SMILES string of the molecule is CCNc1cnc(-c2cc(C(=O)NCc3ccc(S(C)(=O)=O)cc3)c(=O)n(-c3cccc(C(F)(F)F)c3)c2C)[nH]1. The highest BCUT2D eigenvalue weighted by atomic mass is 32.2. The number of halogens is 3. The summed E-state index contributed by atoms with van der Waals surface area (Å²) < 4.78 is 64.8. The molecule has 0 radical (unpaired) electrons. The number of carbonyl (C=O) groups excluding carboxylic acids is 1. The molecule has 0 aliphatic carbocycles. The largest absolute Gasteiger partial charge is 0.416 e. The van der Waals surface area contributed by atoms with Crippen LogP contribution in [0.25, 0.3) is 17.1 Å². The molecule has 0 fully saturated rings. The van der Waals surface area contributed by atoms with Crippen molar-refractivity contribution in [3.05, 3.63) is 93.5 Å². The number of anilines is 1. The molecule has 0 aliphatic rings. The van der Waals surface area contributed by atoms with Crippen LogP contribution in [-0.2, 0) is 22.6 Å². The first-order valence-electron chi connectivity index (χ1n) is 12.1. The Morgan fingerprint density at radius 2 is 1.80 bits per heavy atom. The summed E-state index contributed by atoms with van der Waals surface area (Å²) in [5, 5.41) is 5.69. The first-order valence-corrected chi connectivity index (χ1v) is 14.0. The molecule has 40 heavy (non-hydrogen) atoms. The predicted octanol–water partition coefficient (Wildman–Crippen LogP) is 4.32. The molecule has 0 unspecified atom stereocenters. The molecule has 0 aliphatic heterocycles. The van der Waals surface area contributed by atoms with E-state index in [1.807, 2.05) is 6.92 Å². The van der Waals surface area contributed by atoms with Crippen molar-refractivity contribution in [2.24, 2.45) is 0 Å². The molecule has 1 amide bonds. The van der Waals surface area contributed by atoms with Gasteiger partial charge in [0.05, 0.1) is 16.7 Å². The number of amides is 1. The van der Waals surface area contributed by atoms with E-state index in [4.69, 9.17) is 0 Å². The molecule has 2 aromatic heterocycles. The molecule has 0 bridgehead atoms. The molecule has 4 aromatic rings. The van der Waals surface area contributed by atoms with E-state index in [2.05, 4.69) is 20.6 Å². The first-order chi connectivity index (χ1) is 18.8. The van der Waals surface area contributed by atoms with E-state index in [0.29, 0.717) is 29.3 Å². The summed E-state index contributed by atoms with van der Waals surface area (Å²) in [4.78, 5) is 34.3. The number of pyridine rings is 1. The number of alkyl halides is 3. The molecule has 210 valence electrons. The molecule has 4 rings (SSSR count). The van der Waals surface area contributed by atoms with E-state index in [1.54, 1.807) is 6.92 Å². The number of nitrogens with one attached hydrogen (secondary N) is 3. The Balaban J connectivity index is 1.78. The lowest BCUT2D eigenvalue weighted by atomic mass is 10.1. The average Bonchev–Trinajstić information content (AvgIpc) is 3.35. The van der Waals surface area contributed by atoms with Gasteiger partial charge in [-0.25, -0.2) is 13.4 Å². The van der Waals surface area contributed by atoms with Gasteiger partial charge < -0.3 is 15.6 Å². The van der Waals surface area contributed by atoms with Gasteiger partial charge in [-0.3, -0.25) is 14.2 Å². The van der Waals surface area contributed by atoms with Crippen LogP contribution in [0.5, 0.6) is 0 Å². The summed E-state index contributed by atoms with van der Waals surface area (Å²) >= 11 is 0. The molecule has 9 nitrogen and oxygen atoms in total. The summed E-state index contributed by atoms with van der Waals surface area (Å²) in [6, 6.07) is 11.5. The second-order valence-corrected chi connectivity index (χ2v) is 11.0. The number of aromatic amines is 1. The minimum absolute atomic E-state index is 0.0274. The van der Waals surface area contributed by atoms with E-state index in [-0.39, 0.29) is 28.4 Å². The van der Waals surface area contributed by atoms with Gasteiger partial charge in [-0.1, -0.05) is 18.2 Å². The van der Waals surface area contributed by atoms with Gasteiger partial charge in [0.15, 0.2) is 9.84 Å². The number of H-pyrrole nitrogens is 1. The van der Waals surface area contributed by atoms with Crippen molar-refractivity contribution in [3.63, 3.8) is 0 Å². The first kappa shape index (κ1) is 28.6. The Hall–Kier alpha value is -4.39. The summed E-state index contributed by atoms with van der Waals surface area (Å²) in [6.07, 6.45) is -2.04. The quantitative estimate of drug-likeness (QED) is 0.288. The normalized spacial score (nSPS) is 11.8. The molecule has 13 heteroatoms. The Bertz CT molecular complexity index is 1730. The molecule has 0 atom stereocenters. The van der Waals surface area contributed by atoms with Gasteiger partial charge >= 0.3 is 6.18 Å². The zero-order valence-corrected chi connectivity index (χ0v) is 22.6. The molecule has 3 N–H and O–H groups in total. The fourth-order valence-corrected chi connectivity index (χ4v) is 4.74. The Kier molecular flexibility index (Phi) is 7.87. The third-order valence-electron chi connectivity index (χ3n) is 6.13. The smallest absolute Gasteiger partial charge is 0.371 e. The maximum absolute atomic E-state index is 13.6. The van der Waals surface area contributed by atoms with Gasteiger partial charge in [0.25, 0.3) is 11.5 Å². The van der Waals surface area contributed by atoms with Gasteiger partial charge in [-0.15, -0.1) is 0 Å². The highest BCUT2D eigenvalue weighted by Crippen LogP contribution is 2.31. The van der Waals surface area contributed by atoms with Gasteiger partial charge in [-0.05, 0) is 55.8 Å². The topological polar surface area (TPSA) is 126 Å². The predicted molar refractivity (Wildman–Crippen MR) is 144 cm³/mol. The van der Waals surface area contributed by atoms with Crippen LogP contribution < -0.4 is 16.2 Å². The highest BCUT2D eigenvalue weighted by molar-refractivity contribution is 7.90. The second-order valence-electron chi connectivity index (χ2n) is 9.02. The van der Waals surface area contributed by atoms with E-state index < -0.39 is 33.0 Å². The van der Waals surface area contributed by atoms with Crippen LogP contribution in [0.2, 0.25) is 0 Å². The number of benzene rings is 2. The van der Waals surface area contributed by atoms with Gasteiger partial charge in [0, 0.05) is 36.3 Å². The van der Waals surface area contributed by atoms with Gasteiger partial charge in [0.2, 0.25) is 0 Å². The summed E-state index contributed by atoms with van der Waals surface area (Å²) in [6.45, 7) is 4.01. The Labute approximate surface area is 228 Å². The van der Waals surface area contributed by atoms with Crippen LogP contribution in [0.4, 0.5) is 19.0 Å². The Morgan fingerprint density at radius 3 is 2.42 bits per heavy atom. The van der Waals surface area contributed by atoms with Crippen molar-refractivity contribution in [2.45, 2.75) is 31.5 Å². The molecule has 0 saturated carbocycles. The van der Waals surface area contributed by atoms with Crippen molar-refractivity contribution in [2.75, 3.05) is 18.1 Å². The van der Waals surface area contributed by atoms with E-state index >= 15 is 0 Å². The maximum atomic E-state index is 13.6. The number of hydrogen-bond acceptors (Lipinski definition) is 6. The van der Waals surface area contributed by atoms with Crippen LogP contribution in [0.15, 0.2) is 70.5 Å². The zero-order chi connectivity index (χ0) is 29.2. The zero-order valence-electron chi connectivity index (χ0n) is 21.8. The molecule has 2 aromatic carbocycles. The monoisotopic (exact) mass is 573 g/mol. The van der Waals surface area contributed by atoms with Crippen LogP contribution >= 0.6 is 0 Å². The van der Waals surface area contributed by atoms with Crippen molar-refractivity contribution in [1.82, 2.24) is 19.9 Å². The number of nitrogens with zero attached hydrogens (tertiary/aromatic N) is 2. The van der Waals surface area contributed by atoms with Crippen LogP contribution in [0, 0.1) is 6.92 Å². The van der Waals surface area contributed by atoms with Crippen molar-refractivity contribution in [3.8, 4) is 17.1 Å². The minimum atomic E-state index is -4.64. The van der Waals surface area contributed by atoms with Crippen LogP contribution in [-0.4, -0.2) is 41.7 Å². The molecular formula is C27H26F3N5O4S. The summed E-state index contributed by atoms with van der Waals surface area (Å²) in [7, 11) is -3.40. The third-order valence-corrected chi connectivity index (χ3v) is 7.25. The lowest BCUT2D eigenvalue weighted by Crippen LogP contribution is -2.33. The van der Waals surface area contributed by atoms with Gasteiger partial charge in [-0.2, -0.15) is 13.2 Å². The molecule has 0 saturated heterocycles. The lowest BCUT2D eigenvalue weighted by molar-refractivity contribution is -0.137. The van der Waals surface area contributed by atoms with E-state index in [0.717, 1.165) is 23.0 Å². The minimum Gasteiger partial charge on any atom is -0.371 e. The Morgan fingerprint density at radius 1 is 1.10 bits per heavy atom. The fourth-order valence-electron chi connectivity index (χ4n) is 4.11. The number of aromatic nitrogens is 3. The maximum Gasteiger partial charge on any atom is 0.416 e. The summed E-state index contributed by atoms with van der Waals surface area (Å²) in [5.74, 6) is 0.120. The van der Waals surface area contributed by atoms with Crippen molar-refractivity contribution >= 4 is 21.6 Å². The molecule has 2 heterocycles. The number of imidazole rings is 1. The van der Waals surface area contributed by atoms with E-state index in [9.17, 15) is 31.2 Å². The number of rotatable bonds is 8. The standard InChI is InChI=1S/C27H26F3N5O4S/c1-4-31-23-15-32-24(34-23)21-13-22(25(36)33-14-17-8-10-20(11-9-17)40(3,38)39)26(37)35(16(21)2)19-7-5-6-18(12-19)27(28,29)30/h5-13,15,31H,4,14H2,1-3H3,(H,32,34)(H,33,36). The average molecular weight is 574 g/mol.